The van der Waals surface area contributed by atoms with Crippen molar-refractivity contribution in [2.75, 3.05) is 0 Å². The van der Waals surface area contributed by atoms with Gasteiger partial charge in [0.15, 0.2) is 6.61 Å². The van der Waals surface area contributed by atoms with Gasteiger partial charge in [0, 0.05) is 6.07 Å². The zero-order valence-electron chi connectivity index (χ0n) is 11.3. The Morgan fingerprint density at radius 3 is 2.71 bits per heavy atom. The van der Waals surface area contributed by atoms with E-state index >= 15 is 0 Å². The Balaban J connectivity index is 2.33. The first-order valence-electron chi connectivity index (χ1n) is 5.96. The molecule has 1 heterocycles. The summed E-state index contributed by atoms with van der Waals surface area (Å²) in [5, 5.41) is 20.0. The van der Waals surface area contributed by atoms with Gasteiger partial charge in [0.1, 0.15) is 11.3 Å². The van der Waals surface area contributed by atoms with Crippen molar-refractivity contribution >= 4 is 11.7 Å². The number of nitrogens with zero attached hydrogens (tertiary/aromatic N) is 2. The summed E-state index contributed by atoms with van der Waals surface area (Å²) in [6.07, 6.45) is 0. The molecule has 0 atom stereocenters. The van der Waals surface area contributed by atoms with Crippen molar-refractivity contribution in [2.24, 2.45) is 0 Å². The van der Waals surface area contributed by atoms with E-state index in [-0.39, 0.29) is 23.8 Å². The fraction of sp³-hybridized carbons (Fsp3) is 0.231. The van der Waals surface area contributed by atoms with Crippen molar-refractivity contribution in [2.45, 2.75) is 20.5 Å². The van der Waals surface area contributed by atoms with Crippen LogP contribution in [0, 0.1) is 24.0 Å². The Bertz CT molecular complexity index is 655. The van der Waals surface area contributed by atoms with Crippen LogP contribution >= 0.6 is 0 Å². The fourth-order valence-electron chi connectivity index (χ4n) is 1.72. The van der Waals surface area contributed by atoms with E-state index in [0.29, 0.717) is 11.5 Å². The third-order valence-electron chi connectivity index (χ3n) is 2.83. The normalized spacial score (nSPS) is 10.4. The highest BCUT2D eigenvalue weighted by Crippen LogP contribution is 2.31. The van der Waals surface area contributed by atoms with Crippen molar-refractivity contribution in [3.8, 4) is 5.75 Å². The molecule has 0 bridgehead atoms. The summed E-state index contributed by atoms with van der Waals surface area (Å²) in [5.41, 5.74) is -0.0336. The molecular formula is C13H12N2O6. The van der Waals surface area contributed by atoms with Crippen LogP contribution in [0.15, 0.2) is 22.6 Å². The van der Waals surface area contributed by atoms with Gasteiger partial charge in [-0.15, -0.1) is 0 Å². The third-order valence-corrected chi connectivity index (χ3v) is 2.83. The standard InChI is InChI=1S/C13H12N2O6/c1-7-8(2)21-11(14-7)6-20-12-9(13(16)17)4-3-5-10(12)15(18)19/h3-5H,6H2,1-2H3,(H,16,17). The minimum atomic E-state index is -1.31. The van der Waals surface area contributed by atoms with E-state index in [1.807, 2.05) is 0 Å². The molecule has 0 amide bonds. The van der Waals surface area contributed by atoms with Gasteiger partial charge in [0.2, 0.25) is 11.6 Å². The number of hydrogen-bond donors (Lipinski definition) is 1. The molecule has 0 fully saturated rings. The molecule has 0 radical (unpaired) electrons. The predicted octanol–water partition coefficient (Wildman–Crippen LogP) is 2.48. The molecule has 0 saturated carbocycles. The third kappa shape index (κ3) is 2.99. The molecule has 2 rings (SSSR count). The molecule has 1 N–H and O–H groups in total. The maximum absolute atomic E-state index is 11.1. The van der Waals surface area contributed by atoms with Crippen molar-refractivity contribution in [3.63, 3.8) is 0 Å². The van der Waals surface area contributed by atoms with Gasteiger partial charge in [-0.05, 0) is 19.9 Å². The van der Waals surface area contributed by atoms with Gasteiger partial charge < -0.3 is 14.3 Å². The van der Waals surface area contributed by atoms with Crippen molar-refractivity contribution in [3.05, 3.63) is 51.2 Å². The average Bonchev–Trinajstić information content (AvgIpc) is 2.74. The predicted molar refractivity (Wildman–Crippen MR) is 70.4 cm³/mol. The number of oxazole rings is 1. The molecule has 0 saturated heterocycles. The lowest BCUT2D eigenvalue weighted by atomic mass is 10.2. The zero-order valence-corrected chi connectivity index (χ0v) is 11.3. The van der Waals surface area contributed by atoms with Gasteiger partial charge in [0.05, 0.1) is 10.6 Å². The van der Waals surface area contributed by atoms with E-state index in [2.05, 4.69) is 4.98 Å². The van der Waals surface area contributed by atoms with Crippen molar-refractivity contribution < 1.29 is 24.0 Å². The van der Waals surface area contributed by atoms with Crippen LogP contribution in [-0.2, 0) is 6.61 Å². The average molecular weight is 292 g/mol. The number of carboxylic acids is 1. The van der Waals surface area contributed by atoms with Crippen LogP contribution in [-0.4, -0.2) is 21.0 Å². The highest BCUT2D eigenvalue weighted by Gasteiger charge is 2.23. The smallest absolute Gasteiger partial charge is 0.339 e. The highest BCUT2D eigenvalue weighted by molar-refractivity contribution is 5.92. The second-order valence-corrected chi connectivity index (χ2v) is 4.25. The summed E-state index contributed by atoms with van der Waals surface area (Å²) in [5.74, 6) is -0.800. The first-order valence-corrected chi connectivity index (χ1v) is 5.96. The van der Waals surface area contributed by atoms with E-state index in [1.165, 1.54) is 18.2 Å². The van der Waals surface area contributed by atoms with Crippen LogP contribution in [0.25, 0.3) is 0 Å². The molecule has 0 unspecified atom stereocenters. The second-order valence-electron chi connectivity index (χ2n) is 4.25. The summed E-state index contributed by atoms with van der Waals surface area (Å²) < 4.78 is 10.5. The molecule has 8 heteroatoms. The summed E-state index contributed by atoms with van der Waals surface area (Å²) in [4.78, 5) is 25.4. The SMILES string of the molecule is Cc1nc(COc2c(C(=O)O)cccc2[N+](=O)[O-])oc1C. The number of para-hydroxylation sites is 1. The van der Waals surface area contributed by atoms with Crippen LogP contribution in [0.4, 0.5) is 5.69 Å². The van der Waals surface area contributed by atoms with Crippen LogP contribution < -0.4 is 4.74 Å². The Kier molecular flexibility index (Phi) is 3.88. The maximum Gasteiger partial charge on any atom is 0.339 e. The molecular weight excluding hydrogens is 280 g/mol. The summed E-state index contributed by atoms with van der Waals surface area (Å²) in [7, 11) is 0. The van der Waals surface area contributed by atoms with E-state index < -0.39 is 16.6 Å². The van der Waals surface area contributed by atoms with Gasteiger partial charge in [-0.1, -0.05) is 6.07 Å². The lowest BCUT2D eigenvalue weighted by Gasteiger charge is -2.07. The molecule has 0 aliphatic carbocycles. The second kappa shape index (κ2) is 5.61. The monoisotopic (exact) mass is 292 g/mol. The first kappa shape index (κ1) is 14.5. The minimum Gasteiger partial charge on any atom is -0.478 e. The molecule has 0 aliphatic heterocycles. The first-order chi connectivity index (χ1) is 9.90. The lowest BCUT2D eigenvalue weighted by molar-refractivity contribution is -0.386. The van der Waals surface area contributed by atoms with Crippen LogP contribution in [0.1, 0.15) is 27.7 Å². The Hall–Kier alpha value is -2.90. The molecule has 8 nitrogen and oxygen atoms in total. The number of rotatable bonds is 5. The van der Waals surface area contributed by atoms with Gasteiger partial charge in [-0.25, -0.2) is 9.78 Å². The van der Waals surface area contributed by atoms with Crippen LogP contribution in [0.5, 0.6) is 5.75 Å². The molecule has 2 aromatic rings. The number of nitro benzene ring substituents is 1. The Morgan fingerprint density at radius 1 is 1.48 bits per heavy atom. The molecule has 0 spiro atoms. The number of carboxylic acid groups (broad SMARTS) is 1. The number of ether oxygens (including phenoxy) is 1. The summed E-state index contributed by atoms with van der Waals surface area (Å²) >= 11 is 0. The zero-order chi connectivity index (χ0) is 15.6. The summed E-state index contributed by atoms with van der Waals surface area (Å²) in [6.45, 7) is 3.27. The van der Waals surface area contributed by atoms with Crippen molar-refractivity contribution in [1.82, 2.24) is 4.98 Å². The number of hydrogen-bond acceptors (Lipinski definition) is 6. The number of benzene rings is 1. The quantitative estimate of drug-likeness (QED) is 0.664. The fourth-order valence-corrected chi connectivity index (χ4v) is 1.72. The minimum absolute atomic E-state index is 0.195. The van der Waals surface area contributed by atoms with Gasteiger partial charge in [0.25, 0.3) is 0 Å². The number of aromatic carboxylic acids is 1. The molecule has 21 heavy (non-hydrogen) atoms. The number of nitro groups is 1. The molecule has 0 aliphatic rings. The Morgan fingerprint density at radius 2 is 2.19 bits per heavy atom. The largest absolute Gasteiger partial charge is 0.478 e. The number of aromatic nitrogens is 1. The molecule has 1 aromatic carbocycles. The van der Waals surface area contributed by atoms with Gasteiger partial charge >= 0.3 is 11.7 Å². The molecule has 1 aromatic heterocycles. The number of carbonyl (C=O) groups is 1. The summed E-state index contributed by atoms with van der Waals surface area (Å²) in [6, 6.07) is 3.69. The van der Waals surface area contributed by atoms with Crippen LogP contribution in [0.3, 0.4) is 0 Å². The van der Waals surface area contributed by atoms with Crippen molar-refractivity contribution in [1.29, 1.82) is 0 Å². The van der Waals surface area contributed by atoms with E-state index in [1.54, 1.807) is 13.8 Å². The van der Waals surface area contributed by atoms with Crippen LogP contribution in [0.2, 0.25) is 0 Å². The Labute approximate surface area is 119 Å². The number of aryl methyl sites for hydroxylation is 2. The lowest BCUT2D eigenvalue weighted by Crippen LogP contribution is -2.06. The van der Waals surface area contributed by atoms with Gasteiger partial charge in [-0.2, -0.15) is 0 Å². The van der Waals surface area contributed by atoms with E-state index in [0.717, 1.165) is 0 Å². The molecule has 110 valence electrons. The highest BCUT2D eigenvalue weighted by atomic mass is 16.6. The topological polar surface area (TPSA) is 116 Å². The van der Waals surface area contributed by atoms with Gasteiger partial charge in [-0.3, -0.25) is 10.1 Å². The van der Waals surface area contributed by atoms with E-state index in [9.17, 15) is 14.9 Å². The van der Waals surface area contributed by atoms with E-state index in [4.69, 9.17) is 14.3 Å². The maximum atomic E-state index is 11.1.